The number of pyridine rings is 1. The third-order valence-electron chi connectivity index (χ3n) is 2.46. The quantitative estimate of drug-likeness (QED) is 0.828. The molecule has 1 amide bonds. The van der Waals surface area contributed by atoms with Crippen LogP contribution in [0.2, 0.25) is 0 Å². The first-order valence-corrected chi connectivity index (χ1v) is 6.34. The Morgan fingerprint density at radius 2 is 1.81 bits per heavy atom. The third-order valence-corrected chi connectivity index (χ3v) is 3.07. The van der Waals surface area contributed by atoms with Crippen molar-refractivity contribution in [2.24, 2.45) is 0 Å². The molecule has 2 N–H and O–H groups in total. The second kappa shape index (κ2) is 5.96. The average molecular weight is 357 g/mol. The minimum Gasteiger partial charge on any atom is -0.477 e. The Morgan fingerprint density at radius 1 is 1.14 bits per heavy atom. The largest absolute Gasteiger partial charge is 0.477 e. The average Bonchev–Trinajstić information content (AvgIpc) is 2.44. The Morgan fingerprint density at radius 3 is 2.48 bits per heavy atom. The van der Waals surface area contributed by atoms with Gasteiger partial charge in [0.25, 0.3) is 5.91 Å². The number of nitrogens with zero attached hydrogens (tertiary/aromatic N) is 1. The zero-order valence-corrected chi connectivity index (χ0v) is 11.8. The van der Waals surface area contributed by atoms with Gasteiger partial charge in [-0.3, -0.25) is 4.79 Å². The molecule has 0 aliphatic heterocycles. The van der Waals surface area contributed by atoms with E-state index < -0.39 is 23.5 Å². The van der Waals surface area contributed by atoms with Gasteiger partial charge in [0.1, 0.15) is 23.0 Å². The van der Waals surface area contributed by atoms with Crippen LogP contribution in [-0.4, -0.2) is 22.0 Å². The summed E-state index contributed by atoms with van der Waals surface area (Å²) in [6.07, 6.45) is 0. The number of carboxylic acid groups (broad SMARTS) is 1. The van der Waals surface area contributed by atoms with Crippen molar-refractivity contribution in [2.45, 2.75) is 0 Å². The Balaban J connectivity index is 2.28. The molecule has 1 aromatic heterocycles. The molecular weight excluding hydrogens is 350 g/mol. The maximum Gasteiger partial charge on any atom is 0.354 e. The molecule has 1 aromatic carbocycles. The molecule has 0 unspecified atom stereocenters. The van der Waals surface area contributed by atoms with Crippen LogP contribution in [0.4, 0.5) is 14.5 Å². The summed E-state index contributed by atoms with van der Waals surface area (Å²) in [6.45, 7) is 0. The Hall–Kier alpha value is -2.35. The lowest BCUT2D eigenvalue weighted by Crippen LogP contribution is -2.16. The normalized spacial score (nSPS) is 10.2. The SMILES string of the molecule is O=C(O)c1cccc(C(=O)Nc2cc(Br)c(F)cc2F)n1. The summed E-state index contributed by atoms with van der Waals surface area (Å²) in [6, 6.07) is 5.50. The molecule has 0 aliphatic carbocycles. The molecule has 1 heterocycles. The second-order valence-corrected chi connectivity index (χ2v) is 4.77. The predicted octanol–water partition coefficient (Wildman–Crippen LogP) is 3.07. The van der Waals surface area contributed by atoms with Gasteiger partial charge in [0.05, 0.1) is 10.2 Å². The van der Waals surface area contributed by atoms with E-state index in [9.17, 15) is 18.4 Å². The first kappa shape index (κ1) is 15.0. The van der Waals surface area contributed by atoms with Gasteiger partial charge in [-0.2, -0.15) is 0 Å². The van der Waals surface area contributed by atoms with Crippen molar-refractivity contribution < 1.29 is 23.5 Å². The van der Waals surface area contributed by atoms with E-state index >= 15 is 0 Å². The van der Waals surface area contributed by atoms with E-state index in [0.717, 1.165) is 6.07 Å². The summed E-state index contributed by atoms with van der Waals surface area (Å²) in [5.74, 6) is -3.87. The number of nitrogens with one attached hydrogen (secondary N) is 1. The van der Waals surface area contributed by atoms with Crippen LogP contribution in [0.1, 0.15) is 21.0 Å². The molecule has 0 atom stereocenters. The summed E-state index contributed by atoms with van der Waals surface area (Å²) in [5, 5.41) is 11.0. The number of halogens is 3. The summed E-state index contributed by atoms with van der Waals surface area (Å²) >= 11 is 2.87. The monoisotopic (exact) mass is 356 g/mol. The number of carbonyl (C=O) groups excluding carboxylic acids is 1. The molecule has 5 nitrogen and oxygen atoms in total. The van der Waals surface area contributed by atoms with E-state index in [-0.39, 0.29) is 21.5 Å². The van der Waals surface area contributed by atoms with Gasteiger partial charge >= 0.3 is 5.97 Å². The topological polar surface area (TPSA) is 79.3 Å². The van der Waals surface area contributed by atoms with Crippen LogP contribution < -0.4 is 5.32 Å². The van der Waals surface area contributed by atoms with Crippen molar-refractivity contribution in [3.63, 3.8) is 0 Å². The van der Waals surface area contributed by atoms with Crippen LogP contribution in [0.5, 0.6) is 0 Å². The van der Waals surface area contributed by atoms with Gasteiger partial charge < -0.3 is 10.4 Å². The van der Waals surface area contributed by atoms with Gasteiger partial charge in [0.15, 0.2) is 0 Å². The maximum atomic E-state index is 13.5. The van der Waals surface area contributed by atoms with E-state index in [1.807, 2.05) is 0 Å². The first-order chi connectivity index (χ1) is 9.88. The van der Waals surface area contributed by atoms with Crippen molar-refractivity contribution in [3.05, 3.63) is 57.8 Å². The number of hydrogen-bond donors (Lipinski definition) is 2. The molecule has 0 bridgehead atoms. The molecule has 0 aliphatic rings. The van der Waals surface area contributed by atoms with Crippen LogP contribution in [0.25, 0.3) is 0 Å². The van der Waals surface area contributed by atoms with E-state index in [4.69, 9.17) is 5.11 Å². The maximum absolute atomic E-state index is 13.5. The molecule has 0 fully saturated rings. The number of aromatic nitrogens is 1. The number of rotatable bonds is 3. The van der Waals surface area contributed by atoms with Crippen molar-refractivity contribution in [1.82, 2.24) is 4.98 Å². The van der Waals surface area contributed by atoms with E-state index in [2.05, 4.69) is 26.2 Å². The van der Waals surface area contributed by atoms with Crippen LogP contribution in [0, 0.1) is 11.6 Å². The molecule has 0 saturated carbocycles. The van der Waals surface area contributed by atoms with E-state index in [1.165, 1.54) is 18.2 Å². The van der Waals surface area contributed by atoms with Gasteiger partial charge in [-0.25, -0.2) is 18.6 Å². The summed E-state index contributed by atoms with van der Waals surface area (Å²) < 4.78 is 26.6. The van der Waals surface area contributed by atoms with Crippen LogP contribution in [-0.2, 0) is 0 Å². The molecule has 2 aromatic rings. The lowest BCUT2D eigenvalue weighted by Gasteiger charge is -2.07. The summed E-state index contributed by atoms with van der Waals surface area (Å²) in [4.78, 5) is 26.3. The molecule has 0 radical (unpaired) electrons. The van der Waals surface area contributed by atoms with Crippen LogP contribution in [0.3, 0.4) is 0 Å². The lowest BCUT2D eigenvalue weighted by atomic mass is 10.2. The van der Waals surface area contributed by atoms with Gasteiger partial charge in [-0.15, -0.1) is 0 Å². The highest BCUT2D eigenvalue weighted by atomic mass is 79.9. The van der Waals surface area contributed by atoms with Crippen LogP contribution in [0.15, 0.2) is 34.8 Å². The molecule has 108 valence electrons. The highest BCUT2D eigenvalue weighted by Gasteiger charge is 2.15. The molecule has 21 heavy (non-hydrogen) atoms. The second-order valence-electron chi connectivity index (χ2n) is 3.91. The molecule has 0 saturated heterocycles. The minimum absolute atomic E-state index is 0.0218. The molecule has 2 rings (SSSR count). The Kier molecular flexibility index (Phi) is 4.27. The van der Waals surface area contributed by atoms with E-state index in [0.29, 0.717) is 6.07 Å². The van der Waals surface area contributed by atoms with Gasteiger partial charge in [0, 0.05) is 6.07 Å². The van der Waals surface area contributed by atoms with Crippen molar-refractivity contribution in [2.75, 3.05) is 5.32 Å². The summed E-state index contributed by atoms with van der Waals surface area (Å²) in [5.41, 5.74) is -0.769. The fourth-order valence-electron chi connectivity index (χ4n) is 1.48. The van der Waals surface area contributed by atoms with Gasteiger partial charge in [-0.1, -0.05) is 6.07 Å². The van der Waals surface area contributed by atoms with Crippen molar-refractivity contribution >= 4 is 33.5 Å². The van der Waals surface area contributed by atoms with E-state index in [1.54, 1.807) is 0 Å². The van der Waals surface area contributed by atoms with Crippen molar-refractivity contribution in [1.29, 1.82) is 0 Å². The molecule has 8 heteroatoms. The highest BCUT2D eigenvalue weighted by Crippen LogP contribution is 2.24. The lowest BCUT2D eigenvalue weighted by molar-refractivity contribution is 0.0690. The fourth-order valence-corrected chi connectivity index (χ4v) is 1.83. The highest BCUT2D eigenvalue weighted by molar-refractivity contribution is 9.10. The number of carboxylic acids is 1. The van der Waals surface area contributed by atoms with Crippen LogP contribution >= 0.6 is 15.9 Å². The Labute approximate surface area is 125 Å². The number of hydrogen-bond acceptors (Lipinski definition) is 3. The summed E-state index contributed by atoms with van der Waals surface area (Å²) in [7, 11) is 0. The number of amides is 1. The fraction of sp³-hybridized carbons (Fsp3) is 0. The first-order valence-electron chi connectivity index (χ1n) is 5.54. The molecule has 0 spiro atoms. The van der Waals surface area contributed by atoms with Gasteiger partial charge in [0.2, 0.25) is 0 Å². The number of anilines is 1. The molecular formula is C13H7BrF2N2O3. The zero-order valence-electron chi connectivity index (χ0n) is 10.2. The minimum atomic E-state index is -1.29. The number of aromatic carboxylic acids is 1. The smallest absolute Gasteiger partial charge is 0.354 e. The van der Waals surface area contributed by atoms with Crippen molar-refractivity contribution in [3.8, 4) is 0 Å². The zero-order chi connectivity index (χ0) is 15.6. The number of benzene rings is 1. The third kappa shape index (κ3) is 3.40. The number of carbonyl (C=O) groups is 2. The Bertz CT molecular complexity index is 737. The van der Waals surface area contributed by atoms with Gasteiger partial charge in [-0.05, 0) is 34.1 Å². The standard InChI is InChI=1S/C13H7BrF2N2O3/c14-6-4-11(8(16)5-7(6)15)18-12(19)9-2-1-3-10(17-9)13(20)21/h1-5H,(H,18,19)(H,20,21). The predicted molar refractivity (Wildman–Crippen MR) is 73.2 cm³/mol.